The van der Waals surface area contributed by atoms with E-state index in [9.17, 15) is 14.4 Å². The van der Waals surface area contributed by atoms with Crippen molar-refractivity contribution in [3.63, 3.8) is 0 Å². The van der Waals surface area contributed by atoms with Crippen molar-refractivity contribution < 1.29 is 19.1 Å². The van der Waals surface area contributed by atoms with E-state index in [-0.39, 0.29) is 23.5 Å². The molecule has 0 radical (unpaired) electrons. The number of ether oxygens (including phenoxy) is 1. The van der Waals surface area contributed by atoms with E-state index in [4.69, 9.17) is 4.74 Å². The zero-order chi connectivity index (χ0) is 18.7. The van der Waals surface area contributed by atoms with Crippen LogP contribution < -0.4 is 5.32 Å². The second-order valence-electron chi connectivity index (χ2n) is 5.64. The van der Waals surface area contributed by atoms with Gasteiger partial charge in [0, 0.05) is 17.7 Å². The van der Waals surface area contributed by atoms with Crippen molar-refractivity contribution in [3.05, 3.63) is 35.9 Å². The van der Waals surface area contributed by atoms with E-state index < -0.39 is 12.0 Å². The second-order valence-corrected chi connectivity index (χ2v) is 7.69. The first-order valence-electron chi connectivity index (χ1n) is 8.15. The summed E-state index contributed by atoms with van der Waals surface area (Å²) in [6, 6.07) is 8.30. The molecule has 0 aliphatic heterocycles. The van der Waals surface area contributed by atoms with Crippen LogP contribution in [-0.4, -0.2) is 46.9 Å². The molecule has 0 saturated heterocycles. The van der Waals surface area contributed by atoms with Crippen LogP contribution >= 0.6 is 23.5 Å². The molecule has 1 N–H and O–H groups in total. The minimum Gasteiger partial charge on any atom is -0.461 e. The van der Waals surface area contributed by atoms with E-state index in [0.717, 1.165) is 17.5 Å². The molecule has 1 aromatic rings. The molecule has 0 aliphatic rings. The number of benzene rings is 1. The van der Waals surface area contributed by atoms with Crippen molar-refractivity contribution in [1.82, 2.24) is 5.32 Å². The Bertz CT molecular complexity index is 563. The van der Waals surface area contributed by atoms with Crippen LogP contribution in [0.1, 0.15) is 37.0 Å². The van der Waals surface area contributed by atoms with Gasteiger partial charge in [0.15, 0.2) is 0 Å². The Hall–Kier alpha value is -1.47. The third kappa shape index (κ3) is 8.97. The molecule has 0 spiro atoms. The van der Waals surface area contributed by atoms with Crippen LogP contribution in [0.3, 0.4) is 0 Å². The van der Waals surface area contributed by atoms with Crippen molar-refractivity contribution in [2.45, 2.75) is 38.8 Å². The summed E-state index contributed by atoms with van der Waals surface area (Å²) in [5, 5.41) is 2.66. The van der Waals surface area contributed by atoms with Crippen molar-refractivity contribution in [2.75, 3.05) is 17.8 Å². The van der Waals surface area contributed by atoms with Gasteiger partial charge in [-0.05, 0) is 32.3 Å². The summed E-state index contributed by atoms with van der Waals surface area (Å²) in [4.78, 5) is 36.1. The lowest BCUT2D eigenvalue weighted by Crippen LogP contribution is -2.43. The monoisotopic (exact) mass is 383 g/mol. The van der Waals surface area contributed by atoms with Gasteiger partial charge >= 0.3 is 5.97 Å². The number of esters is 1. The quantitative estimate of drug-likeness (QED) is 0.626. The predicted molar refractivity (Wildman–Crippen MR) is 104 cm³/mol. The summed E-state index contributed by atoms with van der Waals surface area (Å²) in [6.45, 7) is 3.55. The van der Waals surface area contributed by atoms with Crippen LogP contribution in [0, 0.1) is 0 Å². The number of carbonyl (C=O) groups excluding carboxylic acids is 3. The third-order valence-electron chi connectivity index (χ3n) is 3.15. The molecule has 1 amide bonds. The molecular formula is C18H25NO4S2. The fourth-order valence-corrected chi connectivity index (χ4v) is 3.21. The topological polar surface area (TPSA) is 72.5 Å². The van der Waals surface area contributed by atoms with Gasteiger partial charge in [0.1, 0.15) is 6.04 Å². The normalized spacial score (nSPS) is 11.8. The maximum Gasteiger partial charge on any atom is 0.328 e. The zero-order valence-electron chi connectivity index (χ0n) is 14.8. The highest BCUT2D eigenvalue weighted by molar-refractivity contribution is 8.14. The number of rotatable bonds is 10. The van der Waals surface area contributed by atoms with Gasteiger partial charge in [0.2, 0.25) is 11.0 Å². The molecule has 0 fully saturated rings. The molecule has 0 saturated carbocycles. The van der Waals surface area contributed by atoms with Gasteiger partial charge in [-0.25, -0.2) is 4.79 Å². The molecule has 138 valence electrons. The Labute approximate surface area is 157 Å². The molecule has 0 aromatic heterocycles. The molecular weight excluding hydrogens is 358 g/mol. The van der Waals surface area contributed by atoms with Crippen molar-refractivity contribution in [2.24, 2.45) is 0 Å². The van der Waals surface area contributed by atoms with E-state index in [1.807, 2.05) is 12.3 Å². The Morgan fingerprint density at radius 3 is 2.40 bits per heavy atom. The molecule has 5 nitrogen and oxygen atoms in total. The molecule has 25 heavy (non-hydrogen) atoms. The van der Waals surface area contributed by atoms with E-state index in [1.165, 1.54) is 0 Å². The molecule has 1 atom stereocenters. The van der Waals surface area contributed by atoms with Crippen LogP contribution in [0.4, 0.5) is 0 Å². The summed E-state index contributed by atoms with van der Waals surface area (Å²) in [5.41, 5.74) is 0.617. The first kappa shape index (κ1) is 21.6. The molecule has 0 bridgehead atoms. The number of carbonyl (C=O) groups is 3. The van der Waals surface area contributed by atoms with Gasteiger partial charge in [0.05, 0.1) is 6.10 Å². The number of nitrogens with one attached hydrogen (secondary N) is 1. The third-order valence-corrected chi connectivity index (χ3v) is 4.70. The molecule has 0 heterocycles. The maximum absolute atomic E-state index is 12.1. The Balaban J connectivity index is 2.43. The van der Waals surface area contributed by atoms with E-state index in [0.29, 0.717) is 17.7 Å². The van der Waals surface area contributed by atoms with Crippen LogP contribution in [0.25, 0.3) is 0 Å². The van der Waals surface area contributed by atoms with Crippen LogP contribution in [-0.2, 0) is 14.3 Å². The van der Waals surface area contributed by atoms with E-state index >= 15 is 0 Å². The SMILES string of the molecule is CSCC[C@H](NC(=O)CCSC(=O)c1ccccc1)C(=O)OC(C)C. The van der Waals surface area contributed by atoms with Crippen LogP contribution in [0.5, 0.6) is 0 Å². The average molecular weight is 384 g/mol. The Morgan fingerprint density at radius 1 is 1.12 bits per heavy atom. The maximum atomic E-state index is 12.1. The average Bonchev–Trinajstić information content (AvgIpc) is 2.58. The number of hydrogen-bond acceptors (Lipinski definition) is 6. The molecule has 7 heteroatoms. The Morgan fingerprint density at radius 2 is 1.80 bits per heavy atom. The lowest BCUT2D eigenvalue weighted by atomic mass is 10.2. The summed E-state index contributed by atoms with van der Waals surface area (Å²) in [6.07, 6.45) is 2.42. The number of thioether (sulfide) groups is 2. The van der Waals surface area contributed by atoms with Gasteiger partial charge in [-0.15, -0.1) is 0 Å². The first-order valence-corrected chi connectivity index (χ1v) is 10.5. The van der Waals surface area contributed by atoms with Crippen LogP contribution in [0.2, 0.25) is 0 Å². The highest BCUT2D eigenvalue weighted by Crippen LogP contribution is 2.13. The van der Waals surface area contributed by atoms with Gasteiger partial charge in [-0.2, -0.15) is 11.8 Å². The fraction of sp³-hybridized carbons (Fsp3) is 0.500. The predicted octanol–water partition coefficient (Wildman–Crippen LogP) is 3.14. The van der Waals surface area contributed by atoms with E-state index in [1.54, 1.807) is 49.9 Å². The number of amides is 1. The van der Waals surface area contributed by atoms with Crippen molar-refractivity contribution in [1.29, 1.82) is 0 Å². The first-order chi connectivity index (χ1) is 11.9. The molecule has 1 rings (SSSR count). The smallest absolute Gasteiger partial charge is 0.328 e. The highest BCUT2D eigenvalue weighted by atomic mass is 32.2. The van der Waals surface area contributed by atoms with E-state index in [2.05, 4.69) is 5.32 Å². The van der Waals surface area contributed by atoms with Gasteiger partial charge in [0.25, 0.3) is 0 Å². The standard InChI is InChI=1S/C18H25NO4S2/c1-13(2)23-17(21)15(9-11-24-3)19-16(20)10-12-25-18(22)14-7-5-4-6-8-14/h4-8,13,15H,9-12H2,1-3H3,(H,19,20)/t15-/m0/s1. The largest absolute Gasteiger partial charge is 0.461 e. The number of hydrogen-bond donors (Lipinski definition) is 1. The Kier molecular flexibility index (Phi) is 10.3. The van der Waals surface area contributed by atoms with Crippen molar-refractivity contribution in [3.8, 4) is 0 Å². The minimum atomic E-state index is -0.642. The summed E-state index contributed by atoms with van der Waals surface area (Å²) in [5.74, 6) is 0.457. The lowest BCUT2D eigenvalue weighted by Gasteiger charge is -2.18. The molecule has 0 aliphatic carbocycles. The zero-order valence-corrected chi connectivity index (χ0v) is 16.5. The summed E-state index contributed by atoms with van der Waals surface area (Å²) >= 11 is 2.71. The highest BCUT2D eigenvalue weighted by Gasteiger charge is 2.22. The summed E-state index contributed by atoms with van der Waals surface area (Å²) in [7, 11) is 0. The van der Waals surface area contributed by atoms with Crippen LogP contribution in [0.15, 0.2) is 30.3 Å². The second kappa shape index (κ2) is 12.0. The van der Waals surface area contributed by atoms with Crippen molar-refractivity contribution >= 4 is 40.5 Å². The van der Waals surface area contributed by atoms with Gasteiger partial charge in [-0.3, -0.25) is 9.59 Å². The molecule has 0 unspecified atom stereocenters. The van der Waals surface area contributed by atoms with Gasteiger partial charge < -0.3 is 10.1 Å². The molecule has 1 aromatic carbocycles. The lowest BCUT2D eigenvalue weighted by molar-refractivity contribution is -0.151. The minimum absolute atomic E-state index is 0.0634. The fourth-order valence-electron chi connectivity index (χ4n) is 1.96. The summed E-state index contributed by atoms with van der Waals surface area (Å²) < 4.78 is 5.19. The van der Waals surface area contributed by atoms with Gasteiger partial charge in [-0.1, -0.05) is 42.1 Å².